The molecular formula is C16H24FNO3. The molecule has 5 heteroatoms. The van der Waals surface area contributed by atoms with Crippen LogP contribution in [0.4, 0.5) is 4.39 Å². The first kappa shape index (κ1) is 17.4. The smallest absolute Gasteiger partial charge is 0.347 e. The van der Waals surface area contributed by atoms with Gasteiger partial charge in [-0.05, 0) is 43.9 Å². The van der Waals surface area contributed by atoms with Crippen molar-refractivity contribution in [1.29, 1.82) is 0 Å². The van der Waals surface area contributed by atoms with Crippen LogP contribution in [-0.2, 0) is 16.0 Å². The molecule has 0 aliphatic rings. The topological polar surface area (TPSA) is 61.5 Å². The lowest BCUT2D eigenvalue weighted by molar-refractivity contribution is -0.151. The molecule has 118 valence electrons. The highest BCUT2D eigenvalue weighted by molar-refractivity contribution is 5.75. The molecule has 0 aliphatic heterocycles. The van der Waals surface area contributed by atoms with Crippen molar-refractivity contribution in [3.8, 4) is 5.75 Å². The Labute approximate surface area is 125 Å². The van der Waals surface area contributed by atoms with E-state index in [4.69, 9.17) is 15.2 Å². The van der Waals surface area contributed by atoms with Crippen LogP contribution >= 0.6 is 0 Å². The molecule has 1 aromatic carbocycles. The molecule has 0 heterocycles. The van der Waals surface area contributed by atoms with E-state index in [1.165, 1.54) is 12.1 Å². The zero-order valence-electron chi connectivity index (χ0n) is 12.9. The largest absolute Gasteiger partial charge is 0.479 e. The number of hydrogen-bond acceptors (Lipinski definition) is 4. The Bertz CT molecular complexity index is 465. The van der Waals surface area contributed by atoms with E-state index in [1.807, 2.05) is 13.8 Å². The molecule has 2 N–H and O–H groups in total. The van der Waals surface area contributed by atoms with Gasteiger partial charge in [-0.3, -0.25) is 0 Å². The van der Waals surface area contributed by atoms with Crippen LogP contribution in [0.2, 0.25) is 0 Å². The number of carbonyl (C=O) groups is 1. The zero-order valence-corrected chi connectivity index (χ0v) is 12.9. The van der Waals surface area contributed by atoms with E-state index < -0.39 is 17.9 Å². The van der Waals surface area contributed by atoms with E-state index in [9.17, 15) is 9.18 Å². The predicted octanol–water partition coefficient (Wildman–Crippen LogP) is 2.83. The summed E-state index contributed by atoms with van der Waals surface area (Å²) in [4.78, 5) is 11.7. The molecule has 0 aliphatic carbocycles. The van der Waals surface area contributed by atoms with Crippen molar-refractivity contribution in [2.45, 2.75) is 52.2 Å². The fraction of sp³-hybridized carbons (Fsp3) is 0.562. The van der Waals surface area contributed by atoms with Gasteiger partial charge in [-0.15, -0.1) is 0 Å². The molecule has 1 aromatic rings. The summed E-state index contributed by atoms with van der Waals surface area (Å²) in [6, 6.07) is 4.41. The van der Waals surface area contributed by atoms with Gasteiger partial charge in [0.2, 0.25) is 0 Å². The summed E-state index contributed by atoms with van der Waals surface area (Å²) < 4.78 is 24.1. The molecule has 0 radical (unpaired) electrons. The zero-order chi connectivity index (χ0) is 15.8. The first-order valence-electron chi connectivity index (χ1n) is 7.38. The summed E-state index contributed by atoms with van der Waals surface area (Å²) in [7, 11) is 0. The monoisotopic (exact) mass is 297 g/mol. The molecule has 0 amide bonds. The quantitative estimate of drug-likeness (QED) is 0.750. The van der Waals surface area contributed by atoms with Crippen LogP contribution in [0, 0.1) is 5.82 Å². The molecule has 21 heavy (non-hydrogen) atoms. The lowest BCUT2D eigenvalue weighted by Gasteiger charge is -2.17. The lowest BCUT2D eigenvalue weighted by atomic mass is 10.0. The summed E-state index contributed by atoms with van der Waals surface area (Å²) in [5, 5.41) is 0. The Hall–Kier alpha value is -1.62. The lowest BCUT2D eigenvalue weighted by Crippen LogP contribution is -2.28. The molecule has 0 saturated carbocycles. The fourth-order valence-electron chi connectivity index (χ4n) is 1.95. The Morgan fingerprint density at radius 2 is 1.95 bits per heavy atom. The molecule has 0 saturated heterocycles. The van der Waals surface area contributed by atoms with Crippen LogP contribution in [-0.4, -0.2) is 24.7 Å². The van der Waals surface area contributed by atoms with Crippen molar-refractivity contribution in [2.75, 3.05) is 6.61 Å². The average Bonchev–Trinajstić information content (AvgIpc) is 2.44. The molecule has 2 unspecified atom stereocenters. The van der Waals surface area contributed by atoms with Gasteiger partial charge in [0.25, 0.3) is 0 Å². The minimum Gasteiger partial charge on any atom is -0.479 e. The van der Waals surface area contributed by atoms with Crippen LogP contribution in [0.3, 0.4) is 0 Å². The molecule has 0 aromatic heterocycles. The third-order valence-electron chi connectivity index (χ3n) is 3.15. The second kappa shape index (κ2) is 8.62. The van der Waals surface area contributed by atoms with Crippen LogP contribution in [0.15, 0.2) is 18.2 Å². The number of rotatable bonds is 8. The number of esters is 1. The van der Waals surface area contributed by atoms with Crippen LogP contribution in [0.5, 0.6) is 5.75 Å². The molecular weight excluding hydrogens is 273 g/mol. The van der Waals surface area contributed by atoms with Gasteiger partial charge in [-0.25, -0.2) is 9.18 Å². The highest BCUT2D eigenvalue weighted by Gasteiger charge is 2.20. The van der Waals surface area contributed by atoms with Crippen LogP contribution in [0.1, 0.15) is 39.2 Å². The Morgan fingerprint density at radius 3 is 2.52 bits per heavy atom. The summed E-state index contributed by atoms with van der Waals surface area (Å²) in [6.45, 7) is 5.82. The van der Waals surface area contributed by atoms with Gasteiger partial charge in [0.1, 0.15) is 11.6 Å². The van der Waals surface area contributed by atoms with Crippen molar-refractivity contribution >= 4 is 5.97 Å². The van der Waals surface area contributed by atoms with Gasteiger partial charge < -0.3 is 15.2 Å². The second-order valence-electron chi connectivity index (χ2n) is 4.93. The standard InChI is InChI=1S/C16H24FNO3/c1-4-13(18)8-11-7-12(17)10-14(9-11)21-15(5-2)16(19)20-6-3/h7,9-10,13,15H,4-6,8,18H2,1-3H3. The first-order valence-corrected chi connectivity index (χ1v) is 7.38. The maximum Gasteiger partial charge on any atom is 0.347 e. The first-order chi connectivity index (χ1) is 9.99. The Balaban J connectivity index is 2.84. The minimum absolute atomic E-state index is 0.0216. The summed E-state index contributed by atoms with van der Waals surface area (Å²) >= 11 is 0. The molecule has 2 atom stereocenters. The predicted molar refractivity (Wildman–Crippen MR) is 79.7 cm³/mol. The fourth-order valence-corrected chi connectivity index (χ4v) is 1.95. The SMILES string of the molecule is CCOC(=O)C(CC)Oc1cc(F)cc(CC(N)CC)c1. The van der Waals surface area contributed by atoms with E-state index in [0.717, 1.165) is 12.0 Å². The number of carbonyl (C=O) groups excluding carboxylic acids is 1. The van der Waals surface area contributed by atoms with Crippen LogP contribution < -0.4 is 10.5 Å². The second-order valence-corrected chi connectivity index (χ2v) is 4.93. The molecule has 4 nitrogen and oxygen atoms in total. The van der Waals surface area contributed by atoms with Gasteiger partial charge in [0.15, 0.2) is 6.10 Å². The van der Waals surface area contributed by atoms with E-state index >= 15 is 0 Å². The van der Waals surface area contributed by atoms with E-state index in [0.29, 0.717) is 25.2 Å². The average molecular weight is 297 g/mol. The van der Waals surface area contributed by atoms with Crippen molar-refractivity contribution in [1.82, 2.24) is 0 Å². The molecule has 1 rings (SSSR count). The van der Waals surface area contributed by atoms with Crippen LogP contribution in [0.25, 0.3) is 0 Å². The van der Waals surface area contributed by atoms with Gasteiger partial charge in [0, 0.05) is 12.1 Å². The van der Waals surface area contributed by atoms with Crippen molar-refractivity contribution in [3.05, 3.63) is 29.6 Å². The van der Waals surface area contributed by atoms with Gasteiger partial charge in [-0.2, -0.15) is 0 Å². The van der Waals surface area contributed by atoms with Gasteiger partial charge >= 0.3 is 5.97 Å². The van der Waals surface area contributed by atoms with E-state index in [-0.39, 0.29) is 6.04 Å². The molecule has 0 bridgehead atoms. The summed E-state index contributed by atoms with van der Waals surface area (Å²) in [5.74, 6) is -0.506. The normalized spacial score (nSPS) is 13.6. The summed E-state index contributed by atoms with van der Waals surface area (Å²) in [6.07, 6.45) is 1.12. The highest BCUT2D eigenvalue weighted by Crippen LogP contribution is 2.20. The number of hydrogen-bond donors (Lipinski definition) is 1. The Morgan fingerprint density at radius 1 is 1.24 bits per heavy atom. The molecule has 0 spiro atoms. The maximum absolute atomic E-state index is 13.6. The minimum atomic E-state index is -0.723. The van der Waals surface area contributed by atoms with Crippen molar-refractivity contribution < 1.29 is 18.7 Å². The van der Waals surface area contributed by atoms with Gasteiger partial charge in [-0.1, -0.05) is 13.8 Å². The number of halogens is 1. The summed E-state index contributed by atoms with van der Waals surface area (Å²) in [5.41, 5.74) is 6.65. The molecule has 0 fully saturated rings. The Kier molecular flexibility index (Phi) is 7.15. The van der Waals surface area contributed by atoms with E-state index in [2.05, 4.69) is 0 Å². The third-order valence-corrected chi connectivity index (χ3v) is 3.15. The van der Waals surface area contributed by atoms with Crippen molar-refractivity contribution in [3.63, 3.8) is 0 Å². The third kappa shape index (κ3) is 5.71. The number of benzene rings is 1. The highest BCUT2D eigenvalue weighted by atomic mass is 19.1. The number of ether oxygens (including phenoxy) is 2. The maximum atomic E-state index is 13.6. The number of nitrogens with two attached hydrogens (primary N) is 1. The van der Waals surface area contributed by atoms with Crippen molar-refractivity contribution in [2.24, 2.45) is 5.73 Å². The van der Waals surface area contributed by atoms with Gasteiger partial charge in [0.05, 0.1) is 6.61 Å². The van der Waals surface area contributed by atoms with E-state index in [1.54, 1.807) is 13.0 Å².